The van der Waals surface area contributed by atoms with Crippen LogP contribution in [0.5, 0.6) is 0 Å². The van der Waals surface area contributed by atoms with Crippen LogP contribution in [0.1, 0.15) is 35.9 Å². The van der Waals surface area contributed by atoms with Gasteiger partial charge in [-0.3, -0.25) is 4.79 Å². The lowest BCUT2D eigenvalue weighted by molar-refractivity contribution is 0.0697. The van der Waals surface area contributed by atoms with Crippen LogP contribution >= 0.6 is 0 Å². The molecule has 0 saturated heterocycles. The van der Waals surface area contributed by atoms with Crippen LogP contribution in [0.15, 0.2) is 42.6 Å². The molecule has 1 aromatic heterocycles. The molecule has 0 aliphatic rings. The van der Waals surface area contributed by atoms with Crippen molar-refractivity contribution in [3.05, 3.63) is 59.7 Å². The molecule has 1 aromatic carbocycles. The fraction of sp³-hybridized carbons (Fsp3) is 0.267. The Labute approximate surface area is 112 Å². The zero-order valence-corrected chi connectivity index (χ0v) is 11.1. The Kier molecular flexibility index (Phi) is 4.00. The summed E-state index contributed by atoms with van der Waals surface area (Å²) < 4.78 is 12.9. The predicted octanol–water partition coefficient (Wildman–Crippen LogP) is 3.38. The van der Waals surface area contributed by atoms with Crippen molar-refractivity contribution in [2.24, 2.45) is 0 Å². The number of aromatic amines is 1. The summed E-state index contributed by atoms with van der Waals surface area (Å²) in [6.07, 6.45) is 1.73. The molecule has 1 amide bonds. The molecular weight excluding hydrogens is 243 g/mol. The van der Waals surface area contributed by atoms with E-state index in [9.17, 15) is 9.18 Å². The number of aromatic nitrogens is 1. The normalized spacial score (nSPS) is 12.2. The molecule has 2 aromatic rings. The molecule has 19 heavy (non-hydrogen) atoms. The standard InChI is InChI=1S/C15H17FN2O/c1-3-18(15(19)14-5-4-10-17-14)11(2)12-6-8-13(16)9-7-12/h4-11,17H,3H2,1-2H3. The van der Waals surface area contributed by atoms with Crippen molar-refractivity contribution < 1.29 is 9.18 Å². The number of nitrogens with zero attached hydrogens (tertiary/aromatic N) is 1. The van der Waals surface area contributed by atoms with E-state index in [1.807, 2.05) is 13.8 Å². The lowest BCUT2D eigenvalue weighted by Gasteiger charge is -2.28. The Morgan fingerprint density at radius 2 is 2.00 bits per heavy atom. The van der Waals surface area contributed by atoms with Gasteiger partial charge in [-0.2, -0.15) is 0 Å². The van der Waals surface area contributed by atoms with Crippen LogP contribution in [-0.2, 0) is 0 Å². The SMILES string of the molecule is CCN(C(=O)c1ccc[nH]1)C(C)c1ccc(F)cc1. The van der Waals surface area contributed by atoms with E-state index in [0.29, 0.717) is 12.2 Å². The molecule has 3 nitrogen and oxygen atoms in total. The molecule has 0 saturated carbocycles. The van der Waals surface area contributed by atoms with Crippen LogP contribution in [0, 0.1) is 5.82 Å². The van der Waals surface area contributed by atoms with Crippen LogP contribution in [0.25, 0.3) is 0 Å². The van der Waals surface area contributed by atoms with E-state index in [-0.39, 0.29) is 17.8 Å². The maximum absolute atomic E-state index is 12.9. The minimum absolute atomic E-state index is 0.0516. The molecule has 0 bridgehead atoms. The maximum Gasteiger partial charge on any atom is 0.270 e. The molecule has 1 atom stereocenters. The zero-order chi connectivity index (χ0) is 13.8. The number of hydrogen-bond donors (Lipinski definition) is 1. The Hall–Kier alpha value is -2.10. The van der Waals surface area contributed by atoms with Gasteiger partial charge >= 0.3 is 0 Å². The number of carbonyl (C=O) groups excluding carboxylic acids is 1. The number of amides is 1. The Morgan fingerprint density at radius 1 is 1.32 bits per heavy atom. The van der Waals surface area contributed by atoms with E-state index in [2.05, 4.69) is 4.98 Å². The molecular formula is C15H17FN2O. The minimum atomic E-state index is -0.269. The monoisotopic (exact) mass is 260 g/mol. The van der Waals surface area contributed by atoms with Gasteiger partial charge in [0, 0.05) is 12.7 Å². The fourth-order valence-electron chi connectivity index (χ4n) is 2.13. The van der Waals surface area contributed by atoms with Crippen LogP contribution in [0.2, 0.25) is 0 Å². The van der Waals surface area contributed by atoms with E-state index in [1.165, 1.54) is 12.1 Å². The van der Waals surface area contributed by atoms with E-state index in [0.717, 1.165) is 5.56 Å². The molecule has 100 valence electrons. The van der Waals surface area contributed by atoms with Crippen molar-refractivity contribution >= 4 is 5.91 Å². The summed E-state index contributed by atoms with van der Waals surface area (Å²) in [5, 5.41) is 0. The van der Waals surface area contributed by atoms with Crippen molar-refractivity contribution in [3.8, 4) is 0 Å². The largest absolute Gasteiger partial charge is 0.357 e. The third-order valence-corrected chi connectivity index (χ3v) is 3.25. The van der Waals surface area contributed by atoms with Gasteiger partial charge in [-0.25, -0.2) is 4.39 Å². The highest BCUT2D eigenvalue weighted by Gasteiger charge is 2.21. The van der Waals surface area contributed by atoms with Crippen molar-refractivity contribution in [2.45, 2.75) is 19.9 Å². The molecule has 2 rings (SSSR count). The molecule has 0 aliphatic heterocycles. The second-order valence-electron chi connectivity index (χ2n) is 4.40. The van der Waals surface area contributed by atoms with Gasteiger partial charge in [0.1, 0.15) is 11.5 Å². The second-order valence-corrected chi connectivity index (χ2v) is 4.40. The van der Waals surface area contributed by atoms with Gasteiger partial charge in [-0.05, 0) is 43.7 Å². The van der Waals surface area contributed by atoms with Crippen molar-refractivity contribution in [2.75, 3.05) is 6.54 Å². The summed E-state index contributed by atoms with van der Waals surface area (Å²) in [6.45, 7) is 4.47. The highest BCUT2D eigenvalue weighted by atomic mass is 19.1. The van der Waals surface area contributed by atoms with Crippen molar-refractivity contribution in [3.63, 3.8) is 0 Å². The highest BCUT2D eigenvalue weighted by molar-refractivity contribution is 5.92. The molecule has 0 aliphatic carbocycles. The highest BCUT2D eigenvalue weighted by Crippen LogP contribution is 2.22. The van der Waals surface area contributed by atoms with Crippen LogP contribution < -0.4 is 0 Å². The summed E-state index contributed by atoms with van der Waals surface area (Å²) in [4.78, 5) is 17.0. The summed E-state index contributed by atoms with van der Waals surface area (Å²) in [7, 11) is 0. The topological polar surface area (TPSA) is 36.1 Å². The van der Waals surface area contributed by atoms with Crippen molar-refractivity contribution in [1.82, 2.24) is 9.88 Å². The lowest BCUT2D eigenvalue weighted by Crippen LogP contribution is -2.33. The van der Waals surface area contributed by atoms with Gasteiger partial charge in [0.15, 0.2) is 0 Å². The first kappa shape index (κ1) is 13.3. The number of benzene rings is 1. The Bertz CT molecular complexity index is 534. The van der Waals surface area contributed by atoms with Gasteiger partial charge in [0.2, 0.25) is 0 Å². The van der Waals surface area contributed by atoms with Gasteiger partial charge < -0.3 is 9.88 Å². The van der Waals surface area contributed by atoms with Gasteiger partial charge in [-0.15, -0.1) is 0 Å². The molecule has 1 N–H and O–H groups in total. The van der Waals surface area contributed by atoms with Crippen LogP contribution in [0.4, 0.5) is 4.39 Å². The number of rotatable bonds is 4. The number of H-pyrrole nitrogens is 1. The van der Waals surface area contributed by atoms with E-state index >= 15 is 0 Å². The number of nitrogens with one attached hydrogen (secondary N) is 1. The molecule has 0 fully saturated rings. The number of halogens is 1. The van der Waals surface area contributed by atoms with E-state index < -0.39 is 0 Å². The quantitative estimate of drug-likeness (QED) is 0.898. The Morgan fingerprint density at radius 3 is 2.53 bits per heavy atom. The summed E-state index contributed by atoms with van der Waals surface area (Å²) in [5.41, 5.74) is 1.49. The molecule has 4 heteroatoms. The molecule has 1 unspecified atom stereocenters. The molecule has 0 spiro atoms. The summed E-state index contributed by atoms with van der Waals surface area (Å²) in [5.74, 6) is -0.320. The maximum atomic E-state index is 12.9. The van der Waals surface area contributed by atoms with Crippen molar-refractivity contribution in [1.29, 1.82) is 0 Å². The summed E-state index contributed by atoms with van der Waals surface area (Å²) in [6, 6.07) is 9.71. The Balaban J connectivity index is 2.22. The third kappa shape index (κ3) is 2.84. The molecule has 1 heterocycles. The average Bonchev–Trinajstić information content (AvgIpc) is 2.94. The van der Waals surface area contributed by atoms with E-state index in [4.69, 9.17) is 0 Å². The first-order valence-corrected chi connectivity index (χ1v) is 6.33. The van der Waals surface area contributed by atoms with Gasteiger partial charge in [0.25, 0.3) is 5.91 Å². The first-order chi connectivity index (χ1) is 9.13. The average molecular weight is 260 g/mol. The van der Waals surface area contributed by atoms with Gasteiger partial charge in [0.05, 0.1) is 6.04 Å². The van der Waals surface area contributed by atoms with E-state index in [1.54, 1.807) is 35.4 Å². The van der Waals surface area contributed by atoms with Gasteiger partial charge in [-0.1, -0.05) is 12.1 Å². The fourth-order valence-corrected chi connectivity index (χ4v) is 2.13. The zero-order valence-electron chi connectivity index (χ0n) is 11.1. The first-order valence-electron chi connectivity index (χ1n) is 6.33. The summed E-state index contributed by atoms with van der Waals surface area (Å²) >= 11 is 0. The lowest BCUT2D eigenvalue weighted by atomic mass is 10.1. The van der Waals surface area contributed by atoms with Crippen LogP contribution in [0.3, 0.4) is 0 Å². The number of hydrogen-bond acceptors (Lipinski definition) is 1. The predicted molar refractivity (Wildman–Crippen MR) is 72.3 cm³/mol. The van der Waals surface area contributed by atoms with Crippen LogP contribution in [-0.4, -0.2) is 22.3 Å². The smallest absolute Gasteiger partial charge is 0.270 e. The number of carbonyl (C=O) groups is 1. The second kappa shape index (κ2) is 5.69. The molecule has 0 radical (unpaired) electrons. The third-order valence-electron chi connectivity index (χ3n) is 3.25. The minimum Gasteiger partial charge on any atom is -0.357 e.